The molecule has 2 aromatic heterocycles. The summed E-state index contributed by atoms with van der Waals surface area (Å²) in [6.07, 6.45) is 0. The quantitative estimate of drug-likeness (QED) is 0.150. The van der Waals surface area contributed by atoms with E-state index < -0.39 is 0 Å². The topological polar surface area (TPSA) is 43.6 Å². The molecule has 0 spiro atoms. The van der Waals surface area contributed by atoms with Gasteiger partial charge in [0.05, 0.1) is 11.0 Å². The molecule has 0 bridgehead atoms. The van der Waals surface area contributed by atoms with Gasteiger partial charge in [-0.25, -0.2) is 15.0 Å². The Kier molecular flexibility index (Phi) is 9.49. The molecule has 0 saturated carbocycles. The van der Waals surface area contributed by atoms with Crippen LogP contribution in [0, 0.1) is 0 Å². The Morgan fingerprint density at radius 3 is 1.20 bits per heavy atom. The molecule has 0 radical (unpaired) electrons. The van der Waals surface area contributed by atoms with E-state index in [1.54, 1.807) is 0 Å². The van der Waals surface area contributed by atoms with Gasteiger partial charge in [0.1, 0.15) is 0 Å². The molecule has 4 nitrogen and oxygen atoms in total. The molecular weight excluding hydrogens is 861 g/mol. The number of nitrogens with zero attached hydrogens (tertiary/aromatic N) is 4. The lowest BCUT2D eigenvalue weighted by molar-refractivity contribution is 1.07. The highest BCUT2D eigenvalue weighted by molar-refractivity contribution is 6.30. The van der Waals surface area contributed by atoms with Gasteiger partial charge in [0.15, 0.2) is 17.5 Å². The standard InChI is InChI=1S/C67H42N4/c1-5-19-43(20-6-1)47-33-35-62-58(38-47)59-39-48(44-21-7-2-8-22-44)34-36-63(59)71(62)51-41-60-55-31-16-15-29-53(55)54-30-17-18-32-56(54)64(60)61(42-51)57-40-50(37-49-27-13-14-28-52(49)57)67-69-65(45-23-9-3-10-24-45)68-66(70-67)46-25-11-4-12-26-46/h1-42H. The molecule has 0 aliphatic carbocycles. The van der Waals surface area contributed by atoms with Gasteiger partial charge in [0.2, 0.25) is 0 Å². The minimum Gasteiger partial charge on any atom is -0.309 e. The summed E-state index contributed by atoms with van der Waals surface area (Å²) in [7, 11) is 0. The highest BCUT2D eigenvalue weighted by atomic mass is 15.0. The van der Waals surface area contributed by atoms with Crippen LogP contribution < -0.4 is 0 Å². The minimum absolute atomic E-state index is 0.617. The zero-order valence-electron chi connectivity index (χ0n) is 38.5. The van der Waals surface area contributed by atoms with Gasteiger partial charge in [-0.15, -0.1) is 0 Å². The van der Waals surface area contributed by atoms with Crippen LogP contribution in [0.1, 0.15) is 0 Å². The second-order valence-electron chi connectivity index (χ2n) is 18.3. The summed E-state index contributed by atoms with van der Waals surface area (Å²) in [4.78, 5) is 15.6. The first-order valence-electron chi connectivity index (χ1n) is 24.2. The highest BCUT2D eigenvalue weighted by Gasteiger charge is 2.22. The summed E-state index contributed by atoms with van der Waals surface area (Å²) in [5, 5.41) is 11.9. The Bertz CT molecular complexity index is 4220. The number of benzene rings is 12. The van der Waals surface area contributed by atoms with E-state index in [-0.39, 0.29) is 0 Å². The fraction of sp³-hybridized carbons (Fsp3) is 0. The first kappa shape index (κ1) is 40.5. The molecule has 0 amide bonds. The summed E-state index contributed by atoms with van der Waals surface area (Å²) >= 11 is 0. The van der Waals surface area contributed by atoms with Crippen LogP contribution in [-0.2, 0) is 0 Å². The second kappa shape index (κ2) is 16.6. The summed E-state index contributed by atoms with van der Waals surface area (Å²) in [5.74, 6) is 1.88. The average Bonchev–Trinajstić information content (AvgIpc) is 3.78. The molecule has 0 aliphatic rings. The Hall–Kier alpha value is -9.51. The number of rotatable bonds is 7. The van der Waals surface area contributed by atoms with Crippen molar-refractivity contribution < 1.29 is 0 Å². The van der Waals surface area contributed by atoms with Gasteiger partial charge in [-0.05, 0) is 125 Å². The van der Waals surface area contributed by atoms with Crippen molar-refractivity contribution in [3.8, 4) is 73.2 Å². The summed E-state index contributed by atoms with van der Waals surface area (Å²) in [5.41, 5.74) is 13.2. The molecule has 0 atom stereocenters. The molecule has 0 N–H and O–H groups in total. The molecule has 12 aromatic carbocycles. The summed E-state index contributed by atoms with van der Waals surface area (Å²) < 4.78 is 2.48. The van der Waals surface area contributed by atoms with Crippen molar-refractivity contribution in [3.05, 3.63) is 255 Å². The lowest BCUT2D eigenvalue weighted by Crippen LogP contribution is -2.01. The van der Waals surface area contributed by atoms with Crippen LogP contribution in [0.5, 0.6) is 0 Å². The van der Waals surface area contributed by atoms with Crippen molar-refractivity contribution in [3.63, 3.8) is 0 Å². The zero-order chi connectivity index (χ0) is 46.8. The van der Waals surface area contributed by atoms with Crippen LogP contribution in [-0.4, -0.2) is 19.5 Å². The third-order valence-electron chi connectivity index (χ3n) is 14.2. The molecule has 330 valence electrons. The van der Waals surface area contributed by atoms with Crippen LogP contribution in [0.2, 0.25) is 0 Å². The molecule has 2 heterocycles. The van der Waals surface area contributed by atoms with Gasteiger partial charge in [0.25, 0.3) is 0 Å². The molecule has 0 aliphatic heterocycles. The Morgan fingerprint density at radius 1 is 0.239 bits per heavy atom. The van der Waals surface area contributed by atoms with E-state index in [1.165, 1.54) is 65.3 Å². The van der Waals surface area contributed by atoms with Crippen LogP contribution in [0.3, 0.4) is 0 Å². The monoisotopic (exact) mass is 902 g/mol. The number of hydrogen-bond acceptors (Lipinski definition) is 3. The van der Waals surface area contributed by atoms with E-state index in [0.717, 1.165) is 55.3 Å². The van der Waals surface area contributed by atoms with Gasteiger partial charge in [-0.2, -0.15) is 0 Å². The lowest BCUT2D eigenvalue weighted by Gasteiger charge is -2.19. The molecule has 0 unspecified atom stereocenters. The Labute approximate surface area is 410 Å². The van der Waals surface area contributed by atoms with Crippen molar-refractivity contribution in [1.29, 1.82) is 0 Å². The third kappa shape index (κ3) is 6.88. The van der Waals surface area contributed by atoms with Gasteiger partial charge in [-0.3, -0.25) is 0 Å². The molecule has 71 heavy (non-hydrogen) atoms. The van der Waals surface area contributed by atoms with E-state index in [0.29, 0.717) is 17.5 Å². The first-order chi connectivity index (χ1) is 35.2. The van der Waals surface area contributed by atoms with Gasteiger partial charge < -0.3 is 4.57 Å². The van der Waals surface area contributed by atoms with Crippen molar-refractivity contribution >= 4 is 64.9 Å². The first-order valence-corrected chi connectivity index (χ1v) is 24.2. The summed E-state index contributed by atoms with van der Waals surface area (Å²) in [6.45, 7) is 0. The largest absolute Gasteiger partial charge is 0.309 e. The molecule has 0 fully saturated rings. The molecule has 4 heteroatoms. The molecule has 14 aromatic rings. The zero-order valence-corrected chi connectivity index (χ0v) is 38.5. The van der Waals surface area contributed by atoms with Crippen molar-refractivity contribution in [2.45, 2.75) is 0 Å². The minimum atomic E-state index is 0.617. The van der Waals surface area contributed by atoms with E-state index >= 15 is 0 Å². The predicted octanol–water partition coefficient (Wildman–Crippen LogP) is 17.6. The molecule has 14 rings (SSSR count). The Balaban J connectivity index is 1.09. The van der Waals surface area contributed by atoms with Gasteiger partial charge in [0, 0.05) is 33.2 Å². The van der Waals surface area contributed by atoms with Crippen LogP contribution in [0.4, 0.5) is 0 Å². The van der Waals surface area contributed by atoms with Crippen LogP contribution in [0.15, 0.2) is 255 Å². The van der Waals surface area contributed by atoms with E-state index in [2.05, 4.69) is 223 Å². The Morgan fingerprint density at radius 2 is 0.662 bits per heavy atom. The number of hydrogen-bond donors (Lipinski definition) is 0. The van der Waals surface area contributed by atoms with E-state index in [1.807, 2.05) is 36.4 Å². The van der Waals surface area contributed by atoms with E-state index in [4.69, 9.17) is 15.0 Å². The van der Waals surface area contributed by atoms with Crippen molar-refractivity contribution in [1.82, 2.24) is 19.5 Å². The molecule has 0 saturated heterocycles. The van der Waals surface area contributed by atoms with Crippen LogP contribution in [0.25, 0.3) is 138 Å². The third-order valence-corrected chi connectivity index (χ3v) is 14.2. The average molecular weight is 903 g/mol. The van der Waals surface area contributed by atoms with Crippen molar-refractivity contribution in [2.75, 3.05) is 0 Å². The van der Waals surface area contributed by atoms with Gasteiger partial charge >= 0.3 is 0 Å². The maximum absolute atomic E-state index is 5.25. The normalized spacial score (nSPS) is 11.7. The van der Waals surface area contributed by atoms with E-state index in [9.17, 15) is 0 Å². The smallest absolute Gasteiger partial charge is 0.164 e. The second-order valence-corrected chi connectivity index (χ2v) is 18.3. The summed E-state index contributed by atoms with van der Waals surface area (Å²) in [6, 6.07) is 91.7. The number of aromatic nitrogens is 4. The predicted molar refractivity (Wildman–Crippen MR) is 297 cm³/mol. The SMILES string of the molecule is c1ccc(-c2ccc3c(c2)c2cc(-c4ccccc4)ccc2n3-c2cc(-c3cc(-c4nc(-c5ccccc5)nc(-c5ccccc5)n4)cc4ccccc34)c3c4ccccc4c4ccccc4c3c2)cc1. The molecular formula is C67H42N4. The maximum atomic E-state index is 5.25. The fourth-order valence-electron chi connectivity index (χ4n) is 10.9. The lowest BCUT2D eigenvalue weighted by atomic mass is 9.86. The fourth-order valence-corrected chi connectivity index (χ4v) is 10.9. The van der Waals surface area contributed by atoms with Crippen LogP contribution >= 0.6 is 0 Å². The van der Waals surface area contributed by atoms with Crippen molar-refractivity contribution in [2.24, 2.45) is 0 Å². The highest BCUT2D eigenvalue weighted by Crippen LogP contribution is 2.46. The maximum Gasteiger partial charge on any atom is 0.164 e. The van der Waals surface area contributed by atoms with Gasteiger partial charge in [-0.1, -0.05) is 206 Å². The number of fused-ring (bicyclic) bond motifs is 10.